The average Bonchev–Trinajstić information content (AvgIpc) is 3.14. The number of rotatable bonds is 35. The molecule has 0 atom stereocenters. The Morgan fingerprint density at radius 3 is 0.900 bits per heavy atom. The van der Waals surface area contributed by atoms with Crippen molar-refractivity contribution in [2.45, 2.75) is 169 Å². The number of benzene rings is 2. The maximum absolute atomic E-state index is 6.07. The molecule has 2 aromatic carbocycles. The molecule has 0 aliphatic carbocycles. The zero-order chi connectivity index (χ0) is 35.7. The third-order valence-corrected chi connectivity index (χ3v) is 10.1. The van der Waals surface area contributed by atoms with Crippen LogP contribution in [0.3, 0.4) is 0 Å². The molecule has 0 fully saturated rings. The molecular formula is C46H80N2O2. The highest BCUT2D eigenvalue weighted by Crippen LogP contribution is 2.21. The van der Waals surface area contributed by atoms with Crippen molar-refractivity contribution >= 4 is 0 Å². The van der Waals surface area contributed by atoms with Gasteiger partial charge in [0.2, 0.25) is 0 Å². The van der Waals surface area contributed by atoms with Gasteiger partial charge in [-0.1, -0.05) is 153 Å². The van der Waals surface area contributed by atoms with Crippen molar-refractivity contribution in [1.29, 1.82) is 0 Å². The Bertz CT molecular complexity index is 887. The highest BCUT2D eigenvalue weighted by Gasteiger charge is 2.07. The van der Waals surface area contributed by atoms with Gasteiger partial charge in [0.05, 0.1) is 13.2 Å². The quantitative estimate of drug-likeness (QED) is 0.0671. The highest BCUT2D eigenvalue weighted by molar-refractivity contribution is 5.63. The summed E-state index contributed by atoms with van der Waals surface area (Å²) < 4.78 is 12.1. The second-order valence-electron chi connectivity index (χ2n) is 14.8. The minimum absolute atomic E-state index is 0.699. The second kappa shape index (κ2) is 32.0. The van der Waals surface area contributed by atoms with E-state index >= 15 is 0 Å². The van der Waals surface area contributed by atoms with Crippen LogP contribution >= 0.6 is 0 Å². The van der Waals surface area contributed by atoms with Gasteiger partial charge in [-0.2, -0.15) is 0 Å². The molecule has 0 saturated heterocycles. The Hall–Kier alpha value is -1.72. The molecule has 0 aromatic heterocycles. The summed E-state index contributed by atoms with van der Waals surface area (Å²) in [5.41, 5.74) is 5.02. The van der Waals surface area contributed by atoms with Crippen molar-refractivity contribution in [2.75, 3.05) is 52.5 Å². The molecule has 0 amide bonds. The Morgan fingerprint density at radius 2 is 0.620 bits per heavy atom. The van der Waals surface area contributed by atoms with E-state index in [9.17, 15) is 0 Å². The van der Waals surface area contributed by atoms with Crippen LogP contribution in [0.5, 0.6) is 0 Å². The van der Waals surface area contributed by atoms with Gasteiger partial charge in [-0.05, 0) is 113 Å². The van der Waals surface area contributed by atoms with E-state index < -0.39 is 0 Å². The molecule has 286 valence electrons. The molecule has 0 spiro atoms. The van der Waals surface area contributed by atoms with Gasteiger partial charge >= 0.3 is 0 Å². The average molecular weight is 693 g/mol. The summed E-state index contributed by atoms with van der Waals surface area (Å²) in [6, 6.07) is 17.8. The second-order valence-corrected chi connectivity index (χ2v) is 14.8. The van der Waals surface area contributed by atoms with Gasteiger partial charge in [-0.15, -0.1) is 0 Å². The molecule has 2 aromatic rings. The third-order valence-electron chi connectivity index (χ3n) is 10.1. The number of ether oxygens (including phenoxy) is 2. The molecule has 0 heterocycles. The highest BCUT2D eigenvalue weighted by atomic mass is 16.5. The van der Waals surface area contributed by atoms with E-state index in [1.165, 1.54) is 177 Å². The van der Waals surface area contributed by atoms with Gasteiger partial charge in [0.1, 0.15) is 0 Å². The van der Waals surface area contributed by atoms with Crippen molar-refractivity contribution in [3.63, 3.8) is 0 Å². The summed E-state index contributed by atoms with van der Waals surface area (Å²) in [6.45, 7) is 19.8. The van der Waals surface area contributed by atoms with Gasteiger partial charge in [0, 0.05) is 13.2 Å². The van der Waals surface area contributed by atoms with Crippen LogP contribution in [-0.4, -0.2) is 62.3 Å². The van der Waals surface area contributed by atoms with Gasteiger partial charge in [0.15, 0.2) is 0 Å². The van der Waals surface area contributed by atoms with Crippen molar-refractivity contribution < 1.29 is 9.47 Å². The Labute approximate surface area is 311 Å². The lowest BCUT2D eigenvalue weighted by Gasteiger charge is -2.22. The Morgan fingerprint density at radius 1 is 0.340 bits per heavy atom. The maximum atomic E-state index is 6.07. The number of hydrogen-bond acceptors (Lipinski definition) is 4. The minimum Gasteiger partial charge on any atom is -0.377 e. The number of nitrogens with zero attached hydrogens (tertiary/aromatic N) is 2. The van der Waals surface area contributed by atoms with Crippen molar-refractivity contribution in [2.24, 2.45) is 0 Å². The van der Waals surface area contributed by atoms with Crippen LogP contribution < -0.4 is 0 Å². The van der Waals surface area contributed by atoms with Crippen LogP contribution in [-0.2, 0) is 22.7 Å². The van der Waals surface area contributed by atoms with Crippen molar-refractivity contribution in [3.8, 4) is 11.1 Å². The summed E-state index contributed by atoms with van der Waals surface area (Å²) in [6.07, 6.45) is 26.4. The Balaban J connectivity index is 1.61. The fourth-order valence-electron chi connectivity index (χ4n) is 6.77. The molecule has 2 rings (SSSR count). The molecule has 50 heavy (non-hydrogen) atoms. The van der Waals surface area contributed by atoms with Crippen LogP contribution in [0, 0.1) is 0 Å². The predicted molar refractivity (Wildman–Crippen MR) is 219 cm³/mol. The zero-order valence-electron chi connectivity index (χ0n) is 33.5. The lowest BCUT2D eigenvalue weighted by atomic mass is 10.0. The first-order valence-electron chi connectivity index (χ1n) is 21.5. The lowest BCUT2D eigenvalue weighted by Crippen LogP contribution is -2.27. The molecule has 0 saturated carbocycles. The van der Waals surface area contributed by atoms with Crippen LogP contribution in [0.2, 0.25) is 0 Å². The third kappa shape index (κ3) is 23.0. The topological polar surface area (TPSA) is 24.9 Å². The molecule has 0 aliphatic heterocycles. The number of unbranched alkanes of at least 4 members (excludes halogenated alkanes) is 14. The fraction of sp³-hybridized carbons (Fsp3) is 0.739. The van der Waals surface area contributed by atoms with Crippen LogP contribution in [0.4, 0.5) is 0 Å². The first kappa shape index (κ1) is 44.4. The largest absolute Gasteiger partial charge is 0.377 e. The first-order chi connectivity index (χ1) is 24.7. The Kier molecular flexibility index (Phi) is 28.4. The van der Waals surface area contributed by atoms with E-state index in [2.05, 4.69) is 86.0 Å². The SMILES string of the molecule is CCCCCCN(CCCCCC)CCCCOCc1ccc(-c2ccc(COCCCCN(CCCCCC)CCCCCC)cc2)cc1. The van der Waals surface area contributed by atoms with Gasteiger partial charge < -0.3 is 19.3 Å². The normalized spacial score (nSPS) is 11.7. The van der Waals surface area contributed by atoms with Crippen LogP contribution in [0.15, 0.2) is 48.5 Å². The monoisotopic (exact) mass is 693 g/mol. The zero-order valence-corrected chi connectivity index (χ0v) is 33.5. The first-order valence-corrected chi connectivity index (χ1v) is 21.5. The summed E-state index contributed by atoms with van der Waals surface area (Å²) in [7, 11) is 0. The summed E-state index contributed by atoms with van der Waals surface area (Å²) >= 11 is 0. The van der Waals surface area contributed by atoms with Gasteiger partial charge in [-0.25, -0.2) is 0 Å². The molecule has 0 unspecified atom stereocenters. The lowest BCUT2D eigenvalue weighted by molar-refractivity contribution is 0.114. The van der Waals surface area contributed by atoms with Crippen molar-refractivity contribution in [3.05, 3.63) is 59.7 Å². The molecule has 4 nitrogen and oxygen atoms in total. The molecule has 0 bridgehead atoms. The predicted octanol–water partition coefficient (Wildman–Crippen LogP) is 12.9. The standard InChI is InChI=1S/C46H80N2O2/c1-5-9-13-17-33-47(34-18-14-10-6-2)37-21-23-39-49-41-43-25-29-45(30-26-43)46-31-27-44(28-32-46)42-50-40-24-22-38-48(35-19-15-11-7-3)36-20-16-12-8-4/h25-32H,5-24,33-42H2,1-4H3. The molecule has 0 radical (unpaired) electrons. The molecule has 0 N–H and O–H groups in total. The van der Waals surface area contributed by atoms with Gasteiger partial charge in [-0.3, -0.25) is 0 Å². The van der Waals surface area contributed by atoms with Crippen LogP contribution in [0.25, 0.3) is 11.1 Å². The molecule has 0 aliphatic rings. The van der Waals surface area contributed by atoms with E-state index in [-0.39, 0.29) is 0 Å². The fourth-order valence-corrected chi connectivity index (χ4v) is 6.77. The number of hydrogen-bond donors (Lipinski definition) is 0. The molecular weight excluding hydrogens is 613 g/mol. The van der Waals surface area contributed by atoms with E-state index in [0.717, 1.165) is 26.1 Å². The van der Waals surface area contributed by atoms with Crippen LogP contribution in [0.1, 0.15) is 167 Å². The van der Waals surface area contributed by atoms with E-state index in [4.69, 9.17) is 9.47 Å². The smallest absolute Gasteiger partial charge is 0.0716 e. The minimum atomic E-state index is 0.699. The van der Waals surface area contributed by atoms with Gasteiger partial charge in [0.25, 0.3) is 0 Å². The van der Waals surface area contributed by atoms with E-state index in [0.29, 0.717) is 13.2 Å². The maximum Gasteiger partial charge on any atom is 0.0716 e. The van der Waals surface area contributed by atoms with E-state index in [1.54, 1.807) is 0 Å². The summed E-state index contributed by atoms with van der Waals surface area (Å²) in [4.78, 5) is 5.43. The summed E-state index contributed by atoms with van der Waals surface area (Å²) in [5.74, 6) is 0. The van der Waals surface area contributed by atoms with E-state index in [1.807, 2.05) is 0 Å². The summed E-state index contributed by atoms with van der Waals surface area (Å²) in [5, 5.41) is 0. The molecule has 4 heteroatoms. The van der Waals surface area contributed by atoms with Crippen molar-refractivity contribution in [1.82, 2.24) is 9.80 Å².